The Morgan fingerprint density at radius 2 is 0.750 bits per heavy atom. The molecule has 0 heterocycles. The Balaban J connectivity index is 0. The molecular weight excluding hydrogens is 135 g/mol. The van der Waals surface area contributed by atoms with E-state index in [1.165, 1.54) is 0 Å². The number of rotatable bonds is 0. The molecule has 0 saturated carbocycles. The van der Waals surface area contributed by atoms with Crippen molar-refractivity contribution >= 4 is 87.9 Å². The van der Waals surface area contributed by atoms with Crippen LogP contribution in [0.5, 0.6) is 0 Å². The van der Waals surface area contributed by atoms with Gasteiger partial charge in [0.15, 0.2) is 0 Å². The summed E-state index contributed by atoms with van der Waals surface area (Å²) < 4.78 is 0. The normalized spacial score (nSPS) is 0. The topological polar surface area (TPSA) is 0 Å². The van der Waals surface area contributed by atoms with Crippen LogP contribution in [-0.4, -0.2) is 75.5 Å². The Hall–Kier alpha value is 2.74. The Bertz CT molecular complexity index is 6.00. The van der Waals surface area contributed by atoms with E-state index >= 15 is 0 Å². The Morgan fingerprint density at radius 1 is 0.750 bits per heavy atom. The molecule has 0 unspecified atom stereocenters. The first-order valence-corrected chi connectivity index (χ1v) is 0. The Morgan fingerprint density at radius 3 is 0.750 bits per heavy atom. The van der Waals surface area contributed by atoms with E-state index in [2.05, 4.69) is 0 Å². The van der Waals surface area contributed by atoms with Crippen LogP contribution in [0.2, 0.25) is 0 Å². The molecule has 4 heavy (non-hydrogen) atoms. The molecule has 0 rings (SSSR count). The third kappa shape index (κ3) is 8.83. The van der Waals surface area contributed by atoms with Gasteiger partial charge >= 0.3 is 75.5 Å². The molecule has 4 heteroatoms. The summed E-state index contributed by atoms with van der Waals surface area (Å²) in [5.74, 6) is 0. The fourth-order valence-electron chi connectivity index (χ4n) is 0. The van der Waals surface area contributed by atoms with Crippen LogP contribution < -0.4 is 0 Å². The molecule has 0 aromatic carbocycles. The van der Waals surface area contributed by atoms with Crippen LogP contribution in [-0.2, 0) is 0 Å². The zero-order valence-corrected chi connectivity index (χ0v) is 1.63. The van der Waals surface area contributed by atoms with Crippen molar-refractivity contribution in [2.45, 2.75) is 0 Å². The number of hydrogen-bond donors (Lipinski definition) is 0. The fourth-order valence-corrected chi connectivity index (χ4v) is 0. The van der Waals surface area contributed by atoms with Crippen molar-refractivity contribution in [2.75, 3.05) is 0 Å². The van der Waals surface area contributed by atoms with Gasteiger partial charge in [-0.05, 0) is 0 Å². The standard InChI is InChI=1S/2Ca.ClH.FH.4H/h;;2*1H;;;;. The SMILES string of the molecule is Cl.F.[CaH2].[CaH2]. The first-order chi connectivity index (χ1) is 0. The summed E-state index contributed by atoms with van der Waals surface area (Å²) in [5, 5.41) is 0. The molecule has 0 radical (unpaired) electrons. The zero-order valence-electron chi connectivity index (χ0n) is 0.816. The van der Waals surface area contributed by atoms with E-state index in [-0.39, 0.29) is 92.6 Å². The average molecular weight is 141 g/mol. The number of halogens is 2. The first kappa shape index (κ1) is 29.6. The second-order valence-corrected chi connectivity index (χ2v) is 0. The molecule has 0 spiro atoms. The second-order valence-electron chi connectivity index (χ2n) is 0. The van der Waals surface area contributed by atoms with Gasteiger partial charge in [0.1, 0.15) is 0 Å². The van der Waals surface area contributed by atoms with Crippen LogP contribution in [0, 0.1) is 0 Å². The summed E-state index contributed by atoms with van der Waals surface area (Å²) in [4.78, 5) is 0. The quantitative estimate of drug-likeness (QED) is 0.369. The van der Waals surface area contributed by atoms with E-state index in [1.54, 1.807) is 0 Å². The summed E-state index contributed by atoms with van der Waals surface area (Å²) in [6.07, 6.45) is 0. The first-order valence-electron chi connectivity index (χ1n) is 0. The molecule has 0 bridgehead atoms. The van der Waals surface area contributed by atoms with E-state index < -0.39 is 0 Å². The van der Waals surface area contributed by atoms with Gasteiger partial charge in [-0.1, -0.05) is 0 Å². The third-order valence-electron chi connectivity index (χ3n) is 0. The minimum absolute atomic E-state index is 0. The van der Waals surface area contributed by atoms with Gasteiger partial charge in [0, 0.05) is 0 Å². The fraction of sp³-hybridized carbons (Fsp3) is 0. The molecule has 0 aromatic heterocycles. The molecule has 0 aliphatic heterocycles. The van der Waals surface area contributed by atoms with Crippen LogP contribution in [0.25, 0.3) is 0 Å². The van der Waals surface area contributed by atoms with Crippen molar-refractivity contribution in [1.82, 2.24) is 0 Å². The summed E-state index contributed by atoms with van der Waals surface area (Å²) in [7, 11) is 0. The summed E-state index contributed by atoms with van der Waals surface area (Å²) >= 11 is 0. The van der Waals surface area contributed by atoms with Gasteiger partial charge in [-0.2, -0.15) is 0 Å². The van der Waals surface area contributed by atoms with Crippen molar-refractivity contribution in [3.8, 4) is 0 Å². The third-order valence-corrected chi connectivity index (χ3v) is 0. The monoisotopic (exact) mass is 140 g/mol. The van der Waals surface area contributed by atoms with E-state index in [9.17, 15) is 0 Å². The molecule has 0 fully saturated rings. The maximum atomic E-state index is 0. The average Bonchev–Trinajstić information content (AvgIpc) is 0. The zero-order chi connectivity index (χ0) is 0. The van der Waals surface area contributed by atoms with Crippen LogP contribution in [0.4, 0.5) is 4.70 Å². The van der Waals surface area contributed by atoms with Gasteiger partial charge < -0.3 is 0 Å². The van der Waals surface area contributed by atoms with Crippen molar-refractivity contribution in [3.63, 3.8) is 0 Å². The predicted molar refractivity (Wildman–Crippen MR) is 26.8 cm³/mol. The molecule has 0 atom stereocenters. The summed E-state index contributed by atoms with van der Waals surface area (Å²) in [6.45, 7) is 0. The van der Waals surface area contributed by atoms with Crippen molar-refractivity contribution in [1.29, 1.82) is 0 Å². The molecule has 0 aliphatic carbocycles. The second kappa shape index (κ2) is 17.2. The van der Waals surface area contributed by atoms with Crippen molar-refractivity contribution in [3.05, 3.63) is 0 Å². The van der Waals surface area contributed by atoms with Crippen molar-refractivity contribution < 1.29 is 4.70 Å². The Kier molecular flexibility index (Phi) is 127. The van der Waals surface area contributed by atoms with Crippen molar-refractivity contribution in [2.24, 2.45) is 0 Å². The van der Waals surface area contributed by atoms with Gasteiger partial charge in [-0.25, -0.2) is 0 Å². The van der Waals surface area contributed by atoms with Gasteiger partial charge in [0.2, 0.25) is 0 Å². The molecule has 0 N–H and O–H groups in total. The van der Waals surface area contributed by atoms with E-state index in [1.807, 2.05) is 0 Å². The maximum absolute atomic E-state index is 0. The molecule has 0 aromatic rings. The van der Waals surface area contributed by atoms with Gasteiger partial charge in [-0.3, -0.25) is 4.70 Å². The van der Waals surface area contributed by atoms with E-state index in [4.69, 9.17) is 0 Å². The van der Waals surface area contributed by atoms with Crippen LogP contribution in [0.15, 0.2) is 0 Å². The molecule has 0 saturated heterocycles. The van der Waals surface area contributed by atoms with Gasteiger partial charge in [0.05, 0.1) is 0 Å². The van der Waals surface area contributed by atoms with Crippen LogP contribution in [0.1, 0.15) is 0 Å². The Labute approximate surface area is 90.5 Å². The number of hydrogen-bond acceptors (Lipinski definition) is 0. The van der Waals surface area contributed by atoms with Crippen LogP contribution in [0.3, 0.4) is 0 Å². The predicted octanol–water partition coefficient (Wildman–Crippen LogP) is -1.26. The molecule has 0 nitrogen and oxygen atoms in total. The van der Waals surface area contributed by atoms with Gasteiger partial charge in [-0.15, -0.1) is 12.4 Å². The minimum atomic E-state index is 0. The van der Waals surface area contributed by atoms with Crippen LogP contribution >= 0.6 is 12.4 Å². The molecular formula is H6Ca2ClF. The summed E-state index contributed by atoms with van der Waals surface area (Å²) in [6, 6.07) is 0. The molecule has 24 valence electrons. The summed E-state index contributed by atoms with van der Waals surface area (Å²) in [5.41, 5.74) is 0. The molecule has 0 amide bonds. The van der Waals surface area contributed by atoms with E-state index in [0.29, 0.717) is 0 Å². The van der Waals surface area contributed by atoms with Gasteiger partial charge in [0.25, 0.3) is 0 Å². The van der Waals surface area contributed by atoms with E-state index in [0.717, 1.165) is 0 Å². The molecule has 0 aliphatic rings.